The molecule has 1 atom stereocenters. The Morgan fingerprint density at radius 3 is 2.96 bits per heavy atom. The molecule has 1 aromatic carbocycles. The maximum Gasteiger partial charge on any atom is 0.255 e. The summed E-state index contributed by atoms with van der Waals surface area (Å²) >= 11 is 7.82. The van der Waals surface area contributed by atoms with Crippen LogP contribution in [0, 0.1) is 0 Å². The van der Waals surface area contributed by atoms with Crippen LogP contribution >= 0.6 is 22.9 Å². The van der Waals surface area contributed by atoms with E-state index in [0.717, 1.165) is 36.5 Å². The van der Waals surface area contributed by atoms with Gasteiger partial charge < -0.3 is 10.2 Å². The average molecular weight is 392 g/mol. The van der Waals surface area contributed by atoms with E-state index in [1.807, 2.05) is 22.4 Å². The van der Waals surface area contributed by atoms with Crippen LogP contribution in [0.2, 0.25) is 5.02 Å². The van der Waals surface area contributed by atoms with E-state index in [-0.39, 0.29) is 17.7 Å². The number of likely N-dealkylation sites (tertiary alicyclic amines) is 1. The minimum absolute atomic E-state index is 0.0114. The number of piperidine rings is 1. The molecule has 2 heterocycles. The second-order valence-corrected chi connectivity index (χ2v) is 7.78. The first-order valence-electron chi connectivity index (χ1n) is 8.77. The van der Waals surface area contributed by atoms with Gasteiger partial charge in [0.2, 0.25) is 5.91 Å². The largest absolute Gasteiger partial charge is 0.356 e. The van der Waals surface area contributed by atoms with Crippen molar-refractivity contribution in [1.82, 2.24) is 15.2 Å². The Hall–Kier alpha value is -1.92. The number of hydrogen-bond donors (Lipinski definition) is 1. The third-order valence-electron chi connectivity index (χ3n) is 4.49. The van der Waals surface area contributed by atoms with Crippen molar-refractivity contribution in [2.75, 3.05) is 19.6 Å². The average Bonchev–Trinajstić information content (AvgIpc) is 3.10. The number of carbonyl (C=O) groups is 2. The van der Waals surface area contributed by atoms with E-state index in [1.54, 1.807) is 23.5 Å². The van der Waals surface area contributed by atoms with Crippen LogP contribution in [-0.2, 0) is 11.2 Å². The van der Waals surface area contributed by atoms with Gasteiger partial charge in [-0.05, 0) is 25.0 Å². The summed E-state index contributed by atoms with van der Waals surface area (Å²) in [6, 6.07) is 7.19. The molecule has 0 spiro atoms. The highest BCUT2D eigenvalue weighted by Crippen LogP contribution is 2.30. The quantitative estimate of drug-likeness (QED) is 0.848. The number of halogens is 1. The van der Waals surface area contributed by atoms with Crippen LogP contribution < -0.4 is 5.32 Å². The summed E-state index contributed by atoms with van der Waals surface area (Å²) in [5.41, 5.74) is 1.55. The van der Waals surface area contributed by atoms with Gasteiger partial charge in [0.1, 0.15) is 0 Å². The van der Waals surface area contributed by atoms with Crippen molar-refractivity contribution in [3.05, 3.63) is 50.9 Å². The summed E-state index contributed by atoms with van der Waals surface area (Å²) in [4.78, 5) is 30.3. The summed E-state index contributed by atoms with van der Waals surface area (Å²) in [5, 5.41) is 6.40. The van der Waals surface area contributed by atoms with Crippen LogP contribution in [0.5, 0.6) is 0 Å². The van der Waals surface area contributed by atoms with E-state index < -0.39 is 0 Å². The van der Waals surface area contributed by atoms with E-state index in [0.29, 0.717) is 23.7 Å². The van der Waals surface area contributed by atoms with Gasteiger partial charge in [0.05, 0.1) is 21.3 Å². The second kappa shape index (κ2) is 8.64. The summed E-state index contributed by atoms with van der Waals surface area (Å²) < 4.78 is 0. The molecule has 0 saturated carbocycles. The lowest BCUT2D eigenvalue weighted by Gasteiger charge is -2.32. The number of benzene rings is 1. The fourth-order valence-electron chi connectivity index (χ4n) is 3.16. The molecule has 7 heteroatoms. The molecule has 26 heavy (non-hydrogen) atoms. The van der Waals surface area contributed by atoms with Crippen LogP contribution in [0.15, 0.2) is 29.6 Å². The number of hydrogen-bond acceptors (Lipinski definition) is 4. The summed E-state index contributed by atoms with van der Waals surface area (Å²) in [6.45, 7) is 3.53. The molecule has 1 aliphatic rings. The predicted octanol–water partition coefficient (Wildman–Crippen LogP) is 3.49. The fraction of sp³-hybridized carbons (Fsp3) is 0.421. The van der Waals surface area contributed by atoms with Gasteiger partial charge in [0.25, 0.3) is 5.91 Å². The maximum atomic E-state index is 12.8. The van der Waals surface area contributed by atoms with E-state index in [2.05, 4.69) is 5.32 Å². The molecule has 3 rings (SSSR count). The Morgan fingerprint density at radius 1 is 1.38 bits per heavy atom. The molecule has 2 aromatic rings. The van der Waals surface area contributed by atoms with Gasteiger partial charge in [-0.3, -0.25) is 9.59 Å². The second-order valence-electron chi connectivity index (χ2n) is 6.48. The van der Waals surface area contributed by atoms with Crippen molar-refractivity contribution in [3.63, 3.8) is 0 Å². The van der Waals surface area contributed by atoms with Crippen LogP contribution in [0.1, 0.15) is 46.7 Å². The topological polar surface area (TPSA) is 62.3 Å². The maximum absolute atomic E-state index is 12.8. The molecular formula is C19H22ClN3O2S. The highest BCUT2D eigenvalue weighted by atomic mass is 35.5. The SMILES string of the molecule is CC(=O)NCCc1csc([C@@H]2CCCN(C(=O)c3ccccc3Cl)C2)n1. The van der Waals surface area contributed by atoms with Gasteiger partial charge in [-0.25, -0.2) is 4.98 Å². The fourth-order valence-corrected chi connectivity index (χ4v) is 4.36. The molecule has 1 aromatic heterocycles. The van der Waals surface area contributed by atoms with Crippen LogP contribution in [-0.4, -0.2) is 41.3 Å². The first kappa shape index (κ1) is 18.9. The van der Waals surface area contributed by atoms with Crippen molar-refractivity contribution in [2.45, 2.75) is 32.1 Å². The normalized spacial score (nSPS) is 17.2. The predicted molar refractivity (Wildman–Crippen MR) is 104 cm³/mol. The molecule has 0 unspecified atom stereocenters. The van der Waals surface area contributed by atoms with Crippen molar-refractivity contribution in [2.24, 2.45) is 0 Å². The first-order chi connectivity index (χ1) is 12.5. The van der Waals surface area contributed by atoms with E-state index >= 15 is 0 Å². The number of nitrogens with zero attached hydrogens (tertiary/aromatic N) is 2. The summed E-state index contributed by atoms with van der Waals surface area (Å²) in [6.07, 6.45) is 2.72. The highest BCUT2D eigenvalue weighted by Gasteiger charge is 2.28. The summed E-state index contributed by atoms with van der Waals surface area (Å²) in [5.74, 6) is 0.221. The Kier molecular flexibility index (Phi) is 6.27. The number of amides is 2. The lowest BCUT2D eigenvalue weighted by molar-refractivity contribution is -0.118. The molecule has 5 nitrogen and oxygen atoms in total. The summed E-state index contributed by atoms with van der Waals surface area (Å²) in [7, 11) is 0. The lowest BCUT2D eigenvalue weighted by atomic mass is 9.98. The highest BCUT2D eigenvalue weighted by molar-refractivity contribution is 7.09. The molecular weight excluding hydrogens is 370 g/mol. The van der Waals surface area contributed by atoms with Crippen LogP contribution in [0.4, 0.5) is 0 Å². The van der Waals surface area contributed by atoms with Crippen molar-refractivity contribution >= 4 is 34.8 Å². The van der Waals surface area contributed by atoms with E-state index in [4.69, 9.17) is 16.6 Å². The Morgan fingerprint density at radius 2 is 2.19 bits per heavy atom. The van der Waals surface area contributed by atoms with Crippen LogP contribution in [0.3, 0.4) is 0 Å². The third kappa shape index (κ3) is 4.62. The number of carbonyl (C=O) groups excluding carboxylic acids is 2. The number of aromatic nitrogens is 1. The van der Waals surface area contributed by atoms with Gasteiger partial charge in [0, 0.05) is 44.3 Å². The molecule has 1 saturated heterocycles. The molecule has 0 radical (unpaired) electrons. The molecule has 1 fully saturated rings. The van der Waals surface area contributed by atoms with Gasteiger partial charge >= 0.3 is 0 Å². The smallest absolute Gasteiger partial charge is 0.255 e. The van der Waals surface area contributed by atoms with Crippen molar-refractivity contribution in [1.29, 1.82) is 0 Å². The Labute approximate surface area is 162 Å². The number of nitrogens with one attached hydrogen (secondary N) is 1. The zero-order valence-electron chi connectivity index (χ0n) is 14.7. The minimum atomic E-state index is -0.0264. The third-order valence-corrected chi connectivity index (χ3v) is 5.87. The number of rotatable bonds is 5. The minimum Gasteiger partial charge on any atom is -0.356 e. The molecule has 1 aliphatic heterocycles. The molecule has 1 N–H and O–H groups in total. The molecule has 2 amide bonds. The monoisotopic (exact) mass is 391 g/mol. The molecule has 0 bridgehead atoms. The Balaban J connectivity index is 1.63. The first-order valence-corrected chi connectivity index (χ1v) is 10.0. The van der Waals surface area contributed by atoms with Gasteiger partial charge in [0.15, 0.2) is 0 Å². The molecule has 138 valence electrons. The van der Waals surface area contributed by atoms with Gasteiger partial charge in [-0.2, -0.15) is 0 Å². The zero-order chi connectivity index (χ0) is 18.5. The lowest BCUT2D eigenvalue weighted by Crippen LogP contribution is -2.39. The Bertz CT molecular complexity index is 793. The van der Waals surface area contributed by atoms with Gasteiger partial charge in [-0.1, -0.05) is 23.7 Å². The van der Waals surface area contributed by atoms with Crippen LogP contribution in [0.25, 0.3) is 0 Å². The number of thiazole rings is 1. The van der Waals surface area contributed by atoms with Gasteiger partial charge in [-0.15, -0.1) is 11.3 Å². The molecule has 0 aliphatic carbocycles. The van der Waals surface area contributed by atoms with E-state index in [9.17, 15) is 9.59 Å². The van der Waals surface area contributed by atoms with E-state index in [1.165, 1.54) is 6.92 Å². The standard InChI is InChI=1S/C19H22ClN3O2S/c1-13(24)21-9-8-15-12-26-18(22-15)14-5-4-10-23(11-14)19(25)16-6-2-3-7-17(16)20/h2-3,6-7,12,14H,4-5,8-11H2,1H3,(H,21,24)/t14-/m1/s1. The van der Waals surface area contributed by atoms with Crippen molar-refractivity contribution in [3.8, 4) is 0 Å². The zero-order valence-corrected chi connectivity index (χ0v) is 16.3. The van der Waals surface area contributed by atoms with Crippen molar-refractivity contribution < 1.29 is 9.59 Å².